The Morgan fingerprint density at radius 1 is 1.03 bits per heavy atom. The van der Waals surface area contributed by atoms with E-state index in [9.17, 15) is 0 Å². The highest BCUT2D eigenvalue weighted by molar-refractivity contribution is 5.82. The Balaban J connectivity index is 1.28. The van der Waals surface area contributed by atoms with Crippen molar-refractivity contribution in [2.75, 3.05) is 5.01 Å². The molecule has 6 rings (SSSR count). The highest BCUT2D eigenvalue weighted by Gasteiger charge is 2.46. The van der Waals surface area contributed by atoms with Crippen LogP contribution in [-0.4, -0.2) is 28.2 Å². The molecule has 0 amide bonds. The van der Waals surface area contributed by atoms with E-state index >= 15 is 0 Å². The topological polar surface area (TPSA) is 50.1 Å². The number of quaternary nitrogens is 1. The normalized spacial score (nSPS) is 21.3. The molecule has 3 aromatic rings. The number of benzene rings is 2. The van der Waals surface area contributed by atoms with Gasteiger partial charge in [-0.25, -0.2) is 10.0 Å². The number of hydrogen-bond donors (Lipinski definition) is 0. The summed E-state index contributed by atoms with van der Waals surface area (Å²) in [4.78, 5) is 13.2. The minimum Gasteiger partial charge on any atom is -0.489 e. The molecule has 3 aliphatic rings. The second kappa shape index (κ2) is 7.73. The van der Waals surface area contributed by atoms with Gasteiger partial charge in [0.25, 0.3) is 0 Å². The maximum absolute atomic E-state index is 6.21. The van der Waals surface area contributed by atoms with Gasteiger partial charge in [-0.1, -0.05) is 18.2 Å². The van der Waals surface area contributed by atoms with Crippen molar-refractivity contribution in [3.63, 3.8) is 0 Å². The zero-order chi connectivity index (χ0) is 21.4. The molecule has 2 aliphatic heterocycles. The van der Waals surface area contributed by atoms with Crippen LogP contribution in [0.4, 0.5) is 5.69 Å². The first kappa shape index (κ1) is 19.0. The Bertz CT molecular complexity index is 1290. The SMILES string of the molecule is C1=C[N+]2(N(c3cccc(OCc4ccc5ncccc5c4)c3)C3CCC3)C=NC=C2C=N1. The van der Waals surface area contributed by atoms with Crippen molar-refractivity contribution in [3.8, 4) is 5.75 Å². The summed E-state index contributed by atoms with van der Waals surface area (Å²) >= 11 is 0. The molecular weight excluding hydrogens is 398 g/mol. The van der Waals surface area contributed by atoms with Crippen LogP contribution in [0.2, 0.25) is 0 Å². The molecule has 2 aromatic carbocycles. The molecule has 0 saturated heterocycles. The summed E-state index contributed by atoms with van der Waals surface area (Å²) in [6.45, 7) is 0.511. The molecule has 1 aliphatic carbocycles. The van der Waals surface area contributed by atoms with E-state index in [-0.39, 0.29) is 0 Å². The van der Waals surface area contributed by atoms with Gasteiger partial charge >= 0.3 is 0 Å². The van der Waals surface area contributed by atoms with Crippen molar-refractivity contribution in [2.24, 2.45) is 9.98 Å². The van der Waals surface area contributed by atoms with Crippen LogP contribution in [0.15, 0.2) is 95.1 Å². The van der Waals surface area contributed by atoms with Crippen LogP contribution in [-0.2, 0) is 6.61 Å². The lowest BCUT2D eigenvalue weighted by atomic mass is 9.91. The zero-order valence-electron chi connectivity index (χ0n) is 17.7. The minimum absolute atomic E-state index is 0.447. The van der Waals surface area contributed by atoms with Crippen LogP contribution in [0.3, 0.4) is 0 Å². The number of aliphatic imine (C=N–C) groups is 2. The fraction of sp³-hybridized carbons (Fsp3) is 0.192. The highest BCUT2D eigenvalue weighted by Crippen LogP contribution is 2.40. The van der Waals surface area contributed by atoms with Crippen LogP contribution in [0.5, 0.6) is 5.75 Å². The van der Waals surface area contributed by atoms with Crippen molar-refractivity contribution >= 4 is 29.1 Å². The van der Waals surface area contributed by atoms with E-state index < -0.39 is 0 Å². The predicted octanol–water partition coefficient (Wildman–Crippen LogP) is 5.34. The Morgan fingerprint density at radius 2 is 2.00 bits per heavy atom. The standard InChI is InChI=1S/C26H24N5O/c1-5-22(6-1)30(31-13-12-27-16-24(31)17-28-19-31)23-7-2-8-25(15-23)32-18-20-9-10-26-21(14-20)4-3-11-29-26/h2-4,7-17,19,22H,1,5-6,18H2/q+1. The summed E-state index contributed by atoms with van der Waals surface area (Å²) in [6.07, 6.45) is 15.1. The molecule has 0 radical (unpaired) electrons. The predicted molar refractivity (Wildman–Crippen MR) is 127 cm³/mol. The van der Waals surface area contributed by atoms with E-state index in [2.05, 4.69) is 62.6 Å². The van der Waals surface area contributed by atoms with Gasteiger partial charge in [-0.15, -0.1) is 4.59 Å². The first-order valence-corrected chi connectivity index (χ1v) is 11.0. The van der Waals surface area contributed by atoms with Gasteiger partial charge in [-0.05, 0) is 55.2 Å². The van der Waals surface area contributed by atoms with Crippen LogP contribution in [0.25, 0.3) is 10.9 Å². The van der Waals surface area contributed by atoms with Gasteiger partial charge < -0.3 is 4.74 Å². The number of allylic oxidation sites excluding steroid dienone is 1. The average molecular weight is 423 g/mol. The Labute approximate surface area is 187 Å². The number of anilines is 1. The van der Waals surface area contributed by atoms with E-state index in [0.29, 0.717) is 17.2 Å². The summed E-state index contributed by atoms with van der Waals surface area (Å²) in [6, 6.07) is 19.1. The first-order chi connectivity index (χ1) is 15.8. The molecule has 1 unspecified atom stereocenters. The minimum atomic E-state index is 0.447. The molecule has 6 nitrogen and oxygen atoms in total. The van der Waals surface area contributed by atoms with Crippen LogP contribution in [0, 0.1) is 0 Å². The lowest BCUT2D eigenvalue weighted by Gasteiger charge is -2.46. The van der Waals surface area contributed by atoms with E-state index in [0.717, 1.165) is 33.6 Å². The average Bonchev–Trinajstić information content (AvgIpc) is 3.25. The van der Waals surface area contributed by atoms with Crippen LogP contribution >= 0.6 is 0 Å². The molecular formula is C26H24N5O+. The van der Waals surface area contributed by atoms with Crippen LogP contribution < -0.4 is 9.75 Å². The second-order valence-corrected chi connectivity index (χ2v) is 8.38. The monoisotopic (exact) mass is 422 g/mol. The quantitative estimate of drug-likeness (QED) is 0.504. The summed E-state index contributed by atoms with van der Waals surface area (Å²) in [5.41, 5.74) is 4.29. The van der Waals surface area contributed by atoms with Crippen molar-refractivity contribution < 1.29 is 9.33 Å². The molecule has 1 aromatic heterocycles. The molecule has 32 heavy (non-hydrogen) atoms. The molecule has 3 heterocycles. The molecule has 158 valence electrons. The highest BCUT2D eigenvalue weighted by atomic mass is 16.5. The van der Waals surface area contributed by atoms with E-state index in [4.69, 9.17) is 4.74 Å². The van der Waals surface area contributed by atoms with Gasteiger partial charge in [0.05, 0.1) is 35.9 Å². The fourth-order valence-electron chi connectivity index (χ4n) is 4.53. The third-order valence-corrected chi connectivity index (χ3v) is 6.38. The molecule has 1 fully saturated rings. The number of fused-ring (bicyclic) bond motifs is 2. The fourth-order valence-corrected chi connectivity index (χ4v) is 4.53. The molecule has 1 atom stereocenters. The number of ether oxygens (including phenoxy) is 1. The van der Waals surface area contributed by atoms with Crippen molar-refractivity contribution in [1.82, 2.24) is 4.98 Å². The van der Waals surface area contributed by atoms with Gasteiger partial charge in [-0.3, -0.25) is 9.98 Å². The van der Waals surface area contributed by atoms with Crippen LogP contribution in [0.1, 0.15) is 24.8 Å². The summed E-state index contributed by atoms with van der Waals surface area (Å²) in [7, 11) is 0. The van der Waals surface area contributed by atoms with Gasteiger partial charge in [0, 0.05) is 17.6 Å². The Kier molecular flexibility index (Phi) is 4.58. The van der Waals surface area contributed by atoms with Crippen molar-refractivity contribution in [1.29, 1.82) is 0 Å². The third-order valence-electron chi connectivity index (χ3n) is 6.38. The smallest absolute Gasteiger partial charge is 0.225 e. The lowest BCUT2D eigenvalue weighted by Crippen LogP contribution is -2.61. The maximum atomic E-state index is 6.21. The summed E-state index contributed by atoms with van der Waals surface area (Å²) in [5.74, 6) is 0.854. The molecule has 0 bridgehead atoms. The van der Waals surface area contributed by atoms with E-state index in [1.165, 1.54) is 19.3 Å². The van der Waals surface area contributed by atoms with Gasteiger partial charge in [0.1, 0.15) is 12.4 Å². The Morgan fingerprint density at radius 3 is 2.91 bits per heavy atom. The molecule has 1 saturated carbocycles. The first-order valence-electron chi connectivity index (χ1n) is 11.0. The molecule has 0 N–H and O–H groups in total. The largest absolute Gasteiger partial charge is 0.489 e. The van der Waals surface area contributed by atoms with Gasteiger partial charge in [-0.2, -0.15) is 0 Å². The summed E-state index contributed by atoms with van der Waals surface area (Å²) in [5, 5.41) is 3.56. The van der Waals surface area contributed by atoms with E-state index in [1.807, 2.05) is 49.3 Å². The van der Waals surface area contributed by atoms with Gasteiger partial charge in [0.2, 0.25) is 12.0 Å². The van der Waals surface area contributed by atoms with Crippen molar-refractivity contribution in [2.45, 2.75) is 31.9 Å². The molecule has 0 spiro atoms. The maximum Gasteiger partial charge on any atom is 0.225 e. The molecule has 6 heteroatoms. The van der Waals surface area contributed by atoms with Crippen molar-refractivity contribution in [3.05, 3.63) is 90.7 Å². The number of pyridine rings is 1. The number of rotatable bonds is 6. The third kappa shape index (κ3) is 3.20. The van der Waals surface area contributed by atoms with E-state index in [1.54, 1.807) is 0 Å². The van der Waals surface area contributed by atoms with Gasteiger partial charge in [0.15, 0.2) is 6.20 Å². The number of hydrogen-bond acceptors (Lipinski definition) is 5. The lowest BCUT2D eigenvalue weighted by molar-refractivity contribution is -0.746. The number of nitrogens with zero attached hydrogens (tertiary/aromatic N) is 5. The second-order valence-electron chi connectivity index (χ2n) is 8.38. The number of aromatic nitrogens is 1. The zero-order valence-corrected chi connectivity index (χ0v) is 17.7. The summed E-state index contributed by atoms with van der Waals surface area (Å²) < 4.78 is 6.67. The Hall–Kier alpha value is -3.77.